The minimum absolute atomic E-state index is 0. The molecule has 1 amide bonds. The van der Waals surface area contributed by atoms with E-state index in [1.54, 1.807) is 0 Å². The van der Waals surface area contributed by atoms with Crippen molar-refractivity contribution in [3.63, 3.8) is 0 Å². The molecule has 2 fully saturated rings. The molecule has 0 aromatic heterocycles. The fourth-order valence-corrected chi connectivity index (χ4v) is 3.30. The molecule has 5 nitrogen and oxygen atoms in total. The second-order valence-electron chi connectivity index (χ2n) is 5.92. The summed E-state index contributed by atoms with van der Waals surface area (Å²) in [6.45, 7) is -1.56. The molecular weight excluding hydrogens is 342 g/mol. The molecule has 134 valence electrons. The number of alkyl halides is 2. The molecule has 2 heterocycles. The summed E-state index contributed by atoms with van der Waals surface area (Å²) in [6, 6.07) is 5.14. The summed E-state index contributed by atoms with van der Waals surface area (Å²) in [5.74, 6) is -0.0532. The van der Waals surface area contributed by atoms with Gasteiger partial charge in [0.05, 0.1) is 7.11 Å². The number of carbonyl (C=O) groups is 1. The van der Waals surface area contributed by atoms with E-state index in [4.69, 9.17) is 4.74 Å². The molecule has 2 aliphatic heterocycles. The number of hydrogen-bond acceptors (Lipinski definition) is 4. The van der Waals surface area contributed by atoms with Gasteiger partial charge in [0.25, 0.3) is 5.91 Å². The van der Waals surface area contributed by atoms with Crippen molar-refractivity contribution < 1.29 is 23.0 Å². The Balaban J connectivity index is 0.00000208. The average molecular weight is 363 g/mol. The van der Waals surface area contributed by atoms with E-state index in [1.165, 1.54) is 31.7 Å². The first-order valence-electron chi connectivity index (χ1n) is 7.75. The Morgan fingerprint density at radius 2 is 2.00 bits per heavy atom. The van der Waals surface area contributed by atoms with Gasteiger partial charge in [0, 0.05) is 30.7 Å². The number of benzene rings is 1. The molecule has 0 saturated carbocycles. The lowest BCUT2D eigenvalue weighted by Crippen LogP contribution is -2.39. The Morgan fingerprint density at radius 1 is 1.25 bits per heavy atom. The largest absolute Gasteiger partial charge is 0.493 e. The molecule has 3 rings (SSSR count). The van der Waals surface area contributed by atoms with Crippen LogP contribution in [-0.2, 0) is 0 Å². The Morgan fingerprint density at radius 3 is 2.71 bits per heavy atom. The van der Waals surface area contributed by atoms with Crippen LogP contribution >= 0.6 is 12.4 Å². The molecule has 1 aromatic carbocycles. The lowest BCUT2D eigenvalue weighted by Gasteiger charge is -2.24. The maximum absolute atomic E-state index is 12.7. The molecule has 8 heteroatoms. The van der Waals surface area contributed by atoms with E-state index < -0.39 is 6.61 Å². The molecule has 0 radical (unpaired) electrons. The van der Waals surface area contributed by atoms with Gasteiger partial charge in [-0.15, -0.1) is 12.4 Å². The Labute approximate surface area is 145 Å². The molecular formula is C16H21ClF2N2O3. The average Bonchev–Trinajstić information content (AvgIpc) is 2.85. The van der Waals surface area contributed by atoms with Crippen molar-refractivity contribution in [2.75, 3.05) is 20.2 Å². The first-order chi connectivity index (χ1) is 11.1. The third-order valence-corrected chi connectivity index (χ3v) is 4.44. The number of likely N-dealkylation sites (tertiary alicyclic amines) is 1. The maximum atomic E-state index is 12.7. The van der Waals surface area contributed by atoms with Crippen LogP contribution in [0.2, 0.25) is 0 Å². The summed E-state index contributed by atoms with van der Waals surface area (Å²) in [7, 11) is 1.36. The van der Waals surface area contributed by atoms with Gasteiger partial charge in [0.15, 0.2) is 11.5 Å². The summed E-state index contributed by atoms with van der Waals surface area (Å²) < 4.78 is 34.2. The normalized spacial score (nSPS) is 22.8. The number of ether oxygens (including phenoxy) is 2. The molecule has 2 aliphatic rings. The number of halogens is 3. The van der Waals surface area contributed by atoms with Crippen LogP contribution in [0.5, 0.6) is 11.5 Å². The number of amides is 1. The number of methoxy groups -OCH3 is 1. The molecule has 2 bridgehead atoms. The van der Waals surface area contributed by atoms with Gasteiger partial charge >= 0.3 is 6.61 Å². The predicted molar refractivity (Wildman–Crippen MR) is 87.3 cm³/mol. The second-order valence-corrected chi connectivity index (χ2v) is 5.92. The lowest BCUT2D eigenvalue weighted by molar-refractivity contribution is -0.0512. The Bertz CT molecular complexity index is 588. The highest BCUT2D eigenvalue weighted by Crippen LogP contribution is 2.30. The van der Waals surface area contributed by atoms with Crippen LogP contribution < -0.4 is 14.8 Å². The van der Waals surface area contributed by atoms with E-state index >= 15 is 0 Å². The van der Waals surface area contributed by atoms with Crippen molar-refractivity contribution in [2.45, 2.75) is 38.0 Å². The van der Waals surface area contributed by atoms with Crippen molar-refractivity contribution in [3.05, 3.63) is 23.8 Å². The van der Waals surface area contributed by atoms with Crippen LogP contribution in [0.4, 0.5) is 8.78 Å². The number of carbonyl (C=O) groups excluding carboxylic acids is 1. The van der Waals surface area contributed by atoms with Crippen LogP contribution in [0.1, 0.15) is 29.6 Å². The number of rotatable bonds is 4. The molecule has 0 spiro atoms. The fourth-order valence-electron chi connectivity index (χ4n) is 3.30. The van der Waals surface area contributed by atoms with E-state index in [-0.39, 0.29) is 29.8 Å². The van der Waals surface area contributed by atoms with Crippen molar-refractivity contribution in [1.82, 2.24) is 10.2 Å². The third kappa shape index (κ3) is 4.08. The first-order valence-corrected chi connectivity index (χ1v) is 7.75. The number of hydrogen-bond donors (Lipinski definition) is 1. The zero-order chi connectivity index (χ0) is 16.4. The van der Waals surface area contributed by atoms with Gasteiger partial charge in [-0.05, 0) is 37.5 Å². The van der Waals surface area contributed by atoms with Gasteiger partial charge in [-0.1, -0.05) is 0 Å². The minimum Gasteiger partial charge on any atom is -0.493 e. The maximum Gasteiger partial charge on any atom is 0.387 e. The van der Waals surface area contributed by atoms with Gasteiger partial charge in [0.2, 0.25) is 0 Å². The van der Waals surface area contributed by atoms with Crippen LogP contribution in [0.25, 0.3) is 0 Å². The summed E-state index contributed by atoms with van der Waals surface area (Å²) in [6.07, 6.45) is 3.19. The molecule has 0 aliphatic carbocycles. The standard InChI is InChI=1S/C16H20F2N2O3.ClH/c1-22-14-8-10(2-5-13(14)23-16(17)18)15(21)20-7-6-11-3-4-12(9-20)19-11;/h2,5,8,11-12,16,19H,3-4,6-7,9H2,1H3;1H. The lowest BCUT2D eigenvalue weighted by atomic mass is 10.1. The summed E-state index contributed by atoms with van der Waals surface area (Å²) in [5.41, 5.74) is 0.418. The van der Waals surface area contributed by atoms with Gasteiger partial charge in [-0.25, -0.2) is 0 Å². The SMILES string of the molecule is COc1cc(C(=O)N2CCC3CCC(C2)N3)ccc1OC(F)F.Cl. The van der Waals surface area contributed by atoms with E-state index in [0.29, 0.717) is 30.7 Å². The third-order valence-electron chi connectivity index (χ3n) is 4.44. The minimum atomic E-state index is -2.93. The molecule has 1 aromatic rings. The number of nitrogens with one attached hydrogen (secondary N) is 1. The quantitative estimate of drug-likeness (QED) is 0.894. The molecule has 24 heavy (non-hydrogen) atoms. The zero-order valence-corrected chi connectivity index (χ0v) is 14.2. The summed E-state index contributed by atoms with van der Waals surface area (Å²) >= 11 is 0. The van der Waals surface area contributed by atoms with Crippen molar-refractivity contribution in [1.29, 1.82) is 0 Å². The Hall–Kier alpha value is -1.60. The fraction of sp³-hybridized carbons (Fsp3) is 0.562. The zero-order valence-electron chi connectivity index (χ0n) is 13.3. The topological polar surface area (TPSA) is 50.8 Å². The predicted octanol–water partition coefficient (Wildman–Crippen LogP) is 2.68. The highest BCUT2D eigenvalue weighted by molar-refractivity contribution is 5.95. The van der Waals surface area contributed by atoms with E-state index in [2.05, 4.69) is 10.1 Å². The van der Waals surface area contributed by atoms with Crippen molar-refractivity contribution in [3.8, 4) is 11.5 Å². The molecule has 2 atom stereocenters. The number of nitrogens with zero attached hydrogens (tertiary/aromatic N) is 1. The van der Waals surface area contributed by atoms with Gasteiger partial charge in [-0.3, -0.25) is 4.79 Å². The summed E-state index contributed by atoms with van der Waals surface area (Å²) in [4.78, 5) is 14.5. The van der Waals surface area contributed by atoms with E-state index in [1.807, 2.05) is 4.90 Å². The van der Waals surface area contributed by atoms with Gasteiger partial charge in [-0.2, -0.15) is 8.78 Å². The van der Waals surface area contributed by atoms with Crippen LogP contribution in [0.3, 0.4) is 0 Å². The van der Waals surface area contributed by atoms with E-state index in [0.717, 1.165) is 12.8 Å². The van der Waals surface area contributed by atoms with Crippen molar-refractivity contribution >= 4 is 18.3 Å². The molecule has 2 unspecified atom stereocenters. The van der Waals surface area contributed by atoms with Gasteiger partial charge in [0.1, 0.15) is 0 Å². The van der Waals surface area contributed by atoms with Gasteiger partial charge < -0.3 is 19.7 Å². The highest BCUT2D eigenvalue weighted by atomic mass is 35.5. The first kappa shape index (κ1) is 18.7. The smallest absolute Gasteiger partial charge is 0.387 e. The molecule has 1 N–H and O–H groups in total. The van der Waals surface area contributed by atoms with Crippen LogP contribution in [0.15, 0.2) is 18.2 Å². The number of fused-ring (bicyclic) bond motifs is 2. The Kier molecular flexibility index (Phi) is 6.23. The van der Waals surface area contributed by atoms with E-state index in [9.17, 15) is 13.6 Å². The van der Waals surface area contributed by atoms with Crippen LogP contribution in [0, 0.1) is 0 Å². The van der Waals surface area contributed by atoms with Crippen molar-refractivity contribution in [2.24, 2.45) is 0 Å². The molecule has 2 saturated heterocycles. The highest BCUT2D eigenvalue weighted by Gasteiger charge is 2.31. The second kappa shape index (κ2) is 7.98. The monoisotopic (exact) mass is 362 g/mol. The van der Waals surface area contributed by atoms with Crippen LogP contribution in [-0.4, -0.2) is 49.7 Å². The summed E-state index contributed by atoms with van der Waals surface area (Å²) in [5, 5.41) is 3.52.